The van der Waals surface area contributed by atoms with E-state index in [4.69, 9.17) is 4.42 Å². The number of hydrogen-bond acceptors (Lipinski definition) is 6. The molecule has 1 aromatic carbocycles. The first kappa shape index (κ1) is 24.8. The fourth-order valence-corrected chi connectivity index (χ4v) is 7.12. The number of nitrogens with zero attached hydrogens (tertiary/aromatic N) is 3. The molecule has 1 aliphatic heterocycles. The molecule has 1 aliphatic rings. The van der Waals surface area contributed by atoms with Crippen LogP contribution in [-0.2, 0) is 19.3 Å². The molecule has 0 fully saturated rings. The van der Waals surface area contributed by atoms with E-state index in [0.717, 1.165) is 23.9 Å². The highest BCUT2D eigenvalue weighted by molar-refractivity contribution is 8.08. The van der Waals surface area contributed by atoms with Gasteiger partial charge in [-0.25, -0.2) is 8.78 Å². The van der Waals surface area contributed by atoms with Gasteiger partial charge in [0.15, 0.2) is 23.6 Å². The van der Waals surface area contributed by atoms with Crippen LogP contribution in [0.2, 0.25) is 0 Å². The first-order valence-electron chi connectivity index (χ1n) is 10.6. The lowest BCUT2D eigenvalue weighted by Gasteiger charge is -2.12. The topological polar surface area (TPSA) is 42.3 Å². The number of rotatable bonds is 4. The lowest BCUT2D eigenvalue weighted by atomic mass is 10.3. The molecule has 3 aromatic heterocycles. The van der Waals surface area contributed by atoms with Crippen LogP contribution in [0, 0.1) is 11.6 Å². The monoisotopic (exact) mass is 558 g/mol. The Morgan fingerprint density at radius 1 is 1.17 bits per heavy atom. The number of furan rings is 1. The van der Waals surface area contributed by atoms with Crippen molar-refractivity contribution in [2.75, 3.05) is 11.9 Å². The van der Waals surface area contributed by atoms with Gasteiger partial charge in [0, 0.05) is 13.6 Å². The third-order valence-electron chi connectivity index (χ3n) is 5.54. The van der Waals surface area contributed by atoms with Crippen LogP contribution in [0.15, 0.2) is 49.9 Å². The molecule has 0 bridgehead atoms. The van der Waals surface area contributed by atoms with Crippen LogP contribution in [0.25, 0.3) is 11.1 Å². The van der Waals surface area contributed by atoms with Gasteiger partial charge >= 0.3 is 6.18 Å². The van der Waals surface area contributed by atoms with E-state index in [-0.39, 0.29) is 22.8 Å². The minimum atomic E-state index is -4.56. The van der Waals surface area contributed by atoms with Crippen molar-refractivity contribution >= 4 is 51.2 Å². The van der Waals surface area contributed by atoms with Gasteiger partial charge in [-0.05, 0) is 31.2 Å². The predicted octanol–water partition coefficient (Wildman–Crippen LogP) is 4.35. The quantitative estimate of drug-likeness (QED) is 0.276. The second-order valence-corrected chi connectivity index (χ2v) is 10.7. The third-order valence-corrected chi connectivity index (χ3v) is 8.91. The van der Waals surface area contributed by atoms with Crippen molar-refractivity contribution in [1.29, 1.82) is 0 Å². The lowest BCUT2D eigenvalue weighted by Crippen LogP contribution is -2.36. The molecule has 0 unspecified atom stereocenters. The Kier molecular flexibility index (Phi) is 6.33. The predicted molar refractivity (Wildman–Crippen MR) is 128 cm³/mol. The molecule has 188 valence electrons. The van der Waals surface area contributed by atoms with Crippen molar-refractivity contribution in [3.05, 3.63) is 83.6 Å². The van der Waals surface area contributed by atoms with E-state index in [1.165, 1.54) is 34.8 Å². The fourth-order valence-electron chi connectivity index (χ4n) is 3.78. The Labute approximate surface area is 213 Å². The van der Waals surface area contributed by atoms with Gasteiger partial charge in [0.1, 0.15) is 14.2 Å². The lowest BCUT2D eigenvalue weighted by molar-refractivity contribution is -0.686. The van der Waals surface area contributed by atoms with E-state index < -0.39 is 23.6 Å². The Balaban J connectivity index is 1.57. The van der Waals surface area contributed by atoms with Crippen molar-refractivity contribution < 1.29 is 30.9 Å². The molecule has 0 spiro atoms. The summed E-state index contributed by atoms with van der Waals surface area (Å²) in [6, 6.07) is 4.70. The summed E-state index contributed by atoms with van der Waals surface area (Å²) >= 11 is 3.58. The van der Waals surface area contributed by atoms with Crippen LogP contribution in [-0.4, -0.2) is 11.6 Å². The van der Waals surface area contributed by atoms with Crippen LogP contribution in [0.1, 0.15) is 23.5 Å². The minimum Gasteiger partial charge on any atom is -0.450 e. The summed E-state index contributed by atoms with van der Waals surface area (Å²) < 4.78 is 76.0. The number of aromatic nitrogens is 2. The van der Waals surface area contributed by atoms with E-state index in [1.807, 2.05) is 6.92 Å². The van der Waals surface area contributed by atoms with Gasteiger partial charge in [0.2, 0.25) is 12.3 Å². The molecule has 0 aliphatic carbocycles. The van der Waals surface area contributed by atoms with Gasteiger partial charge in [-0.15, -0.1) is 11.3 Å². The number of thioether (sulfide) groups is 1. The average Bonchev–Trinajstić information content (AvgIpc) is 3.59. The van der Waals surface area contributed by atoms with E-state index in [1.54, 1.807) is 38.7 Å². The number of fused-ring (bicyclic) bond motifs is 1. The van der Waals surface area contributed by atoms with E-state index in [9.17, 15) is 26.7 Å². The summed E-state index contributed by atoms with van der Waals surface area (Å²) in [7, 11) is 1.69. The smallest absolute Gasteiger partial charge is 0.449 e. The van der Waals surface area contributed by atoms with Crippen molar-refractivity contribution in [3.63, 3.8) is 0 Å². The van der Waals surface area contributed by atoms with Crippen LogP contribution in [0.4, 0.5) is 27.6 Å². The Bertz CT molecular complexity index is 1650. The average molecular weight is 559 g/mol. The SMILES string of the molecule is CCn1c(=Cc2scc[n+]2Cc2ccc(C(F)(F)F)o2)sc(=C2Sc3c(ccc(F)c3F)N2C)c1=O. The van der Waals surface area contributed by atoms with Crippen molar-refractivity contribution in [1.82, 2.24) is 4.57 Å². The molecular weight excluding hydrogens is 541 g/mol. The van der Waals surface area contributed by atoms with Gasteiger partial charge in [0.05, 0.1) is 22.0 Å². The Hall–Kier alpha value is -2.90. The maximum atomic E-state index is 14.4. The highest BCUT2D eigenvalue weighted by Gasteiger charge is 2.35. The first-order chi connectivity index (χ1) is 17.1. The van der Waals surface area contributed by atoms with Gasteiger partial charge in [0.25, 0.3) is 10.6 Å². The summed E-state index contributed by atoms with van der Waals surface area (Å²) in [5.74, 6) is -2.83. The molecule has 0 amide bonds. The molecule has 0 saturated heterocycles. The molecule has 4 aromatic rings. The highest BCUT2D eigenvalue weighted by atomic mass is 32.2. The minimum absolute atomic E-state index is 0.0795. The Morgan fingerprint density at radius 3 is 2.64 bits per heavy atom. The van der Waals surface area contributed by atoms with Crippen molar-refractivity contribution in [2.45, 2.75) is 31.1 Å². The maximum absolute atomic E-state index is 14.4. The molecular formula is C23H17F5N3O2S3+. The van der Waals surface area contributed by atoms with Gasteiger partial charge in [-0.1, -0.05) is 23.1 Å². The number of hydrogen-bond donors (Lipinski definition) is 0. The van der Waals surface area contributed by atoms with E-state index >= 15 is 0 Å². The zero-order valence-electron chi connectivity index (χ0n) is 18.7. The second kappa shape index (κ2) is 9.20. The molecule has 0 radical (unpaired) electrons. The van der Waals surface area contributed by atoms with Gasteiger partial charge < -0.3 is 9.32 Å². The number of benzene rings is 1. The number of alkyl halides is 3. The first-order valence-corrected chi connectivity index (χ1v) is 13.1. The molecule has 4 heterocycles. The molecule has 36 heavy (non-hydrogen) atoms. The van der Waals surface area contributed by atoms with Gasteiger partial charge in [-0.3, -0.25) is 9.36 Å². The molecule has 13 heteroatoms. The zero-order valence-corrected chi connectivity index (χ0v) is 21.2. The van der Waals surface area contributed by atoms with Crippen LogP contribution >= 0.6 is 34.4 Å². The molecule has 0 atom stereocenters. The summed E-state index contributed by atoms with van der Waals surface area (Å²) in [5.41, 5.74) is 0.212. The number of halogens is 5. The van der Waals surface area contributed by atoms with Crippen molar-refractivity contribution in [3.8, 4) is 0 Å². The standard InChI is InChI=1S/C23H17F5N3O2S3/c1-3-31-17(10-16-30(8-9-34-16)11-12-4-7-15(33-12)23(26,27)28)35-20(21(31)32)22-29(2)14-6-5-13(24)18(25)19(14)36-22/h4-10H,3,11H2,1-2H3/q+1. The molecule has 0 N–H and O–H groups in total. The molecule has 5 nitrogen and oxygen atoms in total. The largest absolute Gasteiger partial charge is 0.450 e. The number of thiazole rings is 2. The maximum Gasteiger partial charge on any atom is 0.449 e. The van der Waals surface area contributed by atoms with Crippen molar-refractivity contribution in [2.24, 2.45) is 0 Å². The highest BCUT2D eigenvalue weighted by Crippen LogP contribution is 2.47. The Morgan fingerprint density at radius 2 is 1.94 bits per heavy atom. The molecule has 5 rings (SSSR count). The zero-order chi connectivity index (χ0) is 25.8. The normalized spacial score (nSPS) is 15.8. The van der Waals surface area contributed by atoms with Crippen LogP contribution < -0.4 is 24.2 Å². The van der Waals surface area contributed by atoms with Gasteiger partial charge in [-0.2, -0.15) is 17.7 Å². The summed E-state index contributed by atoms with van der Waals surface area (Å²) in [6.45, 7) is 2.27. The van der Waals surface area contributed by atoms with Crippen LogP contribution in [0.5, 0.6) is 0 Å². The summed E-state index contributed by atoms with van der Waals surface area (Å²) in [5, 5.41) is 2.98. The number of anilines is 1. The van der Waals surface area contributed by atoms with Crippen LogP contribution in [0.3, 0.4) is 0 Å². The summed E-state index contributed by atoms with van der Waals surface area (Å²) in [6.07, 6.45) is -1.06. The fraction of sp³-hybridized carbons (Fsp3) is 0.217. The molecule has 0 saturated carbocycles. The third kappa shape index (κ3) is 4.28. The second-order valence-electron chi connectivity index (χ2n) is 7.77. The van der Waals surface area contributed by atoms with E-state index in [0.29, 0.717) is 31.5 Å². The summed E-state index contributed by atoms with van der Waals surface area (Å²) in [4.78, 5) is 15.1. The van der Waals surface area contributed by atoms with E-state index in [2.05, 4.69) is 0 Å².